The molecule has 80 valence electrons. The van der Waals surface area contributed by atoms with Gasteiger partial charge in [0.2, 0.25) is 0 Å². The van der Waals surface area contributed by atoms with E-state index in [2.05, 4.69) is 18.7 Å². The molecule has 3 nitrogen and oxygen atoms in total. The number of nitrogens with zero attached hydrogens (tertiary/aromatic N) is 1. The second-order valence-electron chi connectivity index (χ2n) is 4.29. The van der Waals surface area contributed by atoms with Gasteiger partial charge in [0.05, 0.1) is 5.56 Å². The van der Waals surface area contributed by atoms with Gasteiger partial charge in [0.1, 0.15) is 0 Å². The van der Waals surface area contributed by atoms with Gasteiger partial charge in [-0.25, -0.2) is 4.79 Å². The average molecular weight is 205 g/mol. The molecule has 3 heteroatoms. The van der Waals surface area contributed by atoms with Crippen molar-refractivity contribution in [3.8, 4) is 0 Å². The molecule has 0 saturated carbocycles. The Hall–Kier alpha value is -1.35. The number of benzene rings is 1. The molecular formula is C12H15NO2. The Morgan fingerprint density at radius 2 is 2.00 bits per heavy atom. The number of aromatic carboxylic acids is 1. The minimum atomic E-state index is -0.846. The van der Waals surface area contributed by atoms with Crippen LogP contribution in [0.4, 0.5) is 0 Å². The molecular weight excluding hydrogens is 190 g/mol. The van der Waals surface area contributed by atoms with Crippen molar-refractivity contribution >= 4 is 5.97 Å². The highest BCUT2D eigenvalue weighted by molar-refractivity contribution is 5.87. The van der Waals surface area contributed by atoms with Crippen LogP contribution in [0.3, 0.4) is 0 Å². The first-order valence-corrected chi connectivity index (χ1v) is 5.17. The first-order chi connectivity index (χ1) is 7.08. The molecule has 0 bridgehead atoms. The Labute approximate surface area is 89.3 Å². The minimum absolute atomic E-state index is 0.388. The zero-order valence-corrected chi connectivity index (χ0v) is 9.03. The zero-order valence-electron chi connectivity index (χ0n) is 9.03. The molecule has 1 aromatic carbocycles. The summed E-state index contributed by atoms with van der Waals surface area (Å²) in [5, 5.41) is 8.88. The van der Waals surface area contributed by atoms with Gasteiger partial charge in [0, 0.05) is 19.1 Å². The van der Waals surface area contributed by atoms with Crippen LogP contribution < -0.4 is 0 Å². The van der Waals surface area contributed by atoms with Crippen molar-refractivity contribution in [3.05, 3.63) is 34.9 Å². The minimum Gasteiger partial charge on any atom is -0.478 e. The quantitative estimate of drug-likeness (QED) is 0.803. The van der Waals surface area contributed by atoms with E-state index in [-0.39, 0.29) is 0 Å². The molecule has 0 radical (unpaired) electrons. The van der Waals surface area contributed by atoms with E-state index in [4.69, 9.17) is 5.11 Å². The van der Waals surface area contributed by atoms with E-state index >= 15 is 0 Å². The summed E-state index contributed by atoms with van der Waals surface area (Å²) in [7, 11) is 0. The number of hydrogen-bond acceptors (Lipinski definition) is 2. The molecule has 2 rings (SSSR count). The van der Waals surface area contributed by atoms with Crippen LogP contribution in [0.2, 0.25) is 0 Å². The summed E-state index contributed by atoms with van der Waals surface area (Å²) in [6.07, 6.45) is 0. The Morgan fingerprint density at radius 1 is 1.33 bits per heavy atom. The molecule has 0 amide bonds. The highest BCUT2D eigenvalue weighted by Crippen LogP contribution is 2.25. The largest absolute Gasteiger partial charge is 0.478 e. The van der Waals surface area contributed by atoms with E-state index < -0.39 is 5.97 Å². The van der Waals surface area contributed by atoms with E-state index in [1.807, 2.05) is 6.07 Å². The molecule has 0 atom stereocenters. The van der Waals surface area contributed by atoms with Gasteiger partial charge >= 0.3 is 5.97 Å². The summed E-state index contributed by atoms with van der Waals surface area (Å²) in [5.41, 5.74) is 2.80. The fourth-order valence-electron chi connectivity index (χ4n) is 1.92. The SMILES string of the molecule is CC(C)N1Cc2ccc(C(=O)O)cc2C1. The van der Waals surface area contributed by atoms with Crippen LogP contribution in [-0.4, -0.2) is 22.0 Å². The van der Waals surface area contributed by atoms with E-state index in [1.54, 1.807) is 12.1 Å². The van der Waals surface area contributed by atoms with E-state index in [9.17, 15) is 4.79 Å². The van der Waals surface area contributed by atoms with Gasteiger partial charge in [0.25, 0.3) is 0 Å². The Balaban J connectivity index is 2.27. The second-order valence-corrected chi connectivity index (χ2v) is 4.29. The monoisotopic (exact) mass is 205 g/mol. The summed E-state index contributed by atoms with van der Waals surface area (Å²) < 4.78 is 0. The topological polar surface area (TPSA) is 40.5 Å². The number of hydrogen-bond donors (Lipinski definition) is 1. The van der Waals surface area contributed by atoms with Crippen LogP contribution in [-0.2, 0) is 13.1 Å². The third-order valence-corrected chi connectivity index (χ3v) is 2.93. The van der Waals surface area contributed by atoms with Gasteiger partial charge in [-0.3, -0.25) is 4.90 Å². The van der Waals surface area contributed by atoms with Crippen LogP contribution in [0.5, 0.6) is 0 Å². The lowest BCUT2D eigenvalue weighted by Gasteiger charge is -2.18. The fourth-order valence-corrected chi connectivity index (χ4v) is 1.92. The van der Waals surface area contributed by atoms with Gasteiger partial charge in [-0.15, -0.1) is 0 Å². The third kappa shape index (κ3) is 1.88. The van der Waals surface area contributed by atoms with Crippen molar-refractivity contribution in [1.82, 2.24) is 4.90 Å². The number of carboxylic acids is 1. The van der Waals surface area contributed by atoms with Gasteiger partial charge in [-0.1, -0.05) is 6.07 Å². The lowest BCUT2D eigenvalue weighted by Crippen LogP contribution is -2.24. The Bertz CT molecular complexity index is 399. The molecule has 1 N–H and O–H groups in total. The zero-order chi connectivity index (χ0) is 11.0. The van der Waals surface area contributed by atoms with E-state index in [0.29, 0.717) is 11.6 Å². The fraction of sp³-hybridized carbons (Fsp3) is 0.417. The highest BCUT2D eigenvalue weighted by Gasteiger charge is 2.21. The van der Waals surface area contributed by atoms with Crippen molar-refractivity contribution in [1.29, 1.82) is 0 Å². The molecule has 0 spiro atoms. The Kier molecular flexibility index (Phi) is 2.49. The van der Waals surface area contributed by atoms with Gasteiger partial charge in [0.15, 0.2) is 0 Å². The predicted molar refractivity (Wildman–Crippen MR) is 57.8 cm³/mol. The molecule has 1 aliphatic heterocycles. The molecule has 1 heterocycles. The maximum absolute atomic E-state index is 10.8. The Morgan fingerprint density at radius 3 is 2.60 bits per heavy atom. The number of fused-ring (bicyclic) bond motifs is 1. The normalized spacial score (nSPS) is 15.7. The maximum Gasteiger partial charge on any atom is 0.335 e. The van der Waals surface area contributed by atoms with Crippen molar-refractivity contribution in [2.24, 2.45) is 0 Å². The van der Waals surface area contributed by atoms with Crippen molar-refractivity contribution in [3.63, 3.8) is 0 Å². The first-order valence-electron chi connectivity index (χ1n) is 5.17. The standard InChI is InChI=1S/C12H15NO2/c1-8(2)13-6-10-4-3-9(12(14)15)5-11(10)7-13/h3-5,8H,6-7H2,1-2H3,(H,14,15). The summed E-state index contributed by atoms with van der Waals surface area (Å²) >= 11 is 0. The number of carboxylic acid groups (broad SMARTS) is 1. The van der Waals surface area contributed by atoms with Gasteiger partial charge in [-0.2, -0.15) is 0 Å². The second kappa shape index (κ2) is 3.66. The van der Waals surface area contributed by atoms with Crippen molar-refractivity contribution < 1.29 is 9.90 Å². The molecule has 15 heavy (non-hydrogen) atoms. The summed E-state index contributed by atoms with van der Waals surface area (Å²) in [6.45, 7) is 6.12. The van der Waals surface area contributed by atoms with E-state index in [0.717, 1.165) is 18.7 Å². The average Bonchev–Trinajstić information content (AvgIpc) is 2.59. The summed E-state index contributed by atoms with van der Waals surface area (Å²) in [6, 6.07) is 5.91. The molecule has 0 unspecified atom stereocenters. The van der Waals surface area contributed by atoms with E-state index in [1.165, 1.54) is 5.56 Å². The molecule has 0 saturated heterocycles. The molecule has 1 aromatic rings. The summed E-state index contributed by atoms with van der Waals surface area (Å²) in [5.74, 6) is -0.846. The lowest BCUT2D eigenvalue weighted by molar-refractivity contribution is 0.0697. The van der Waals surface area contributed by atoms with Crippen LogP contribution in [0.25, 0.3) is 0 Å². The van der Waals surface area contributed by atoms with Crippen LogP contribution in [0, 0.1) is 0 Å². The van der Waals surface area contributed by atoms with Gasteiger partial charge < -0.3 is 5.11 Å². The van der Waals surface area contributed by atoms with Crippen molar-refractivity contribution in [2.45, 2.75) is 33.0 Å². The van der Waals surface area contributed by atoms with Gasteiger partial charge in [-0.05, 0) is 37.1 Å². The third-order valence-electron chi connectivity index (χ3n) is 2.93. The molecule has 0 aliphatic carbocycles. The lowest BCUT2D eigenvalue weighted by atomic mass is 10.1. The first kappa shape index (κ1) is 10.2. The smallest absolute Gasteiger partial charge is 0.335 e. The molecule has 1 aliphatic rings. The highest BCUT2D eigenvalue weighted by atomic mass is 16.4. The summed E-state index contributed by atoms with van der Waals surface area (Å²) in [4.78, 5) is 13.1. The predicted octanol–water partition coefficient (Wildman–Crippen LogP) is 2.11. The van der Waals surface area contributed by atoms with Crippen LogP contribution in [0.15, 0.2) is 18.2 Å². The number of rotatable bonds is 2. The molecule has 0 aromatic heterocycles. The number of carbonyl (C=O) groups is 1. The van der Waals surface area contributed by atoms with Crippen LogP contribution >= 0.6 is 0 Å². The maximum atomic E-state index is 10.8. The van der Waals surface area contributed by atoms with Crippen molar-refractivity contribution in [2.75, 3.05) is 0 Å². The van der Waals surface area contributed by atoms with Crippen LogP contribution in [0.1, 0.15) is 35.3 Å². The molecule has 0 fully saturated rings.